The number of esters is 1. The Morgan fingerprint density at radius 1 is 1.14 bits per heavy atom. The van der Waals surface area contributed by atoms with E-state index < -0.39 is 12.1 Å². The molecule has 0 radical (unpaired) electrons. The van der Waals surface area contributed by atoms with Gasteiger partial charge in [-0.3, -0.25) is 4.90 Å². The number of nitrogens with zero attached hydrogens (tertiary/aromatic N) is 1. The molecule has 0 aromatic rings. The Balaban J connectivity index is 2.04. The van der Waals surface area contributed by atoms with Crippen molar-refractivity contribution in [1.82, 2.24) is 4.90 Å². The van der Waals surface area contributed by atoms with Gasteiger partial charge in [0.05, 0.1) is 14.2 Å². The molecule has 0 spiro atoms. The van der Waals surface area contributed by atoms with Crippen molar-refractivity contribution in [3.05, 3.63) is 0 Å². The van der Waals surface area contributed by atoms with Crippen LogP contribution in [0.2, 0.25) is 0 Å². The number of piperidine rings is 1. The Kier molecular flexibility index (Phi) is 6.06. The van der Waals surface area contributed by atoms with Crippen molar-refractivity contribution in [2.24, 2.45) is 23.5 Å². The molecule has 1 saturated heterocycles. The predicted molar refractivity (Wildman–Crippen MR) is 82.1 cm³/mol. The van der Waals surface area contributed by atoms with E-state index in [4.69, 9.17) is 15.2 Å². The summed E-state index contributed by atoms with van der Waals surface area (Å²) >= 11 is 0. The third kappa shape index (κ3) is 3.72. The summed E-state index contributed by atoms with van der Waals surface area (Å²) in [6.45, 7) is 1.34. The molecule has 1 aliphatic carbocycles. The summed E-state index contributed by atoms with van der Waals surface area (Å²) < 4.78 is 9.72. The van der Waals surface area contributed by atoms with Crippen LogP contribution in [0.25, 0.3) is 0 Å². The van der Waals surface area contributed by atoms with Gasteiger partial charge in [0, 0.05) is 6.54 Å². The van der Waals surface area contributed by atoms with Gasteiger partial charge in [0.2, 0.25) is 0 Å². The molecule has 126 valence electrons. The topological polar surface area (TPSA) is 81.9 Å². The minimum absolute atomic E-state index is 0.340. The summed E-state index contributed by atoms with van der Waals surface area (Å²) in [6, 6.07) is -0.507. The monoisotopic (exact) mass is 312 g/mol. The molecular formula is C16H28N2O4. The highest BCUT2D eigenvalue weighted by Crippen LogP contribution is 2.42. The van der Waals surface area contributed by atoms with Gasteiger partial charge in [0.25, 0.3) is 0 Å². The Labute approximate surface area is 132 Å². The van der Waals surface area contributed by atoms with Gasteiger partial charge in [-0.05, 0) is 56.4 Å². The lowest BCUT2D eigenvalue weighted by atomic mass is 9.68. The average molecular weight is 312 g/mol. The average Bonchev–Trinajstić information content (AvgIpc) is 2.57. The van der Waals surface area contributed by atoms with E-state index in [0.29, 0.717) is 30.7 Å². The van der Waals surface area contributed by atoms with Gasteiger partial charge in [-0.2, -0.15) is 0 Å². The molecule has 6 heteroatoms. The third-order valence-electron chi connectivity index (χ3n) is 5.28. The first-order valence-corrected chi connectivity index (χ1v) is 8.23. The number of hydrogen-bond donors (Lipinski definition) is 1. The zero-order valence-electron chi connectivity index (χ0n) is 13.6. The van der Waals surface area contributed by atoms with Gasteiger partial charge < -0.3 is 15.2 Å². The van der Waals surface area contributed by atoms with Gasteiger partial charge in [0.15, 0.2) is 0 Å². The number of rotatable bonds is 4. The second-order valence-corrected chi connectivity index (χ2v) is 6.53. The normalized spacial score (nSPS) is 31.3. The van der Waals surface area contributed by atoms with Gasteiger partial charge in [-0.15, -0.1) is 0 Å². The van der Waals surface area contributed by atoms with Gasteiger partial charge in [0.1, 0.15) is 6.04 Å². The quantitative estimate of drug-likeness (QED) is 0.800. The summed E-state index contributed by atoms with van der Waals surface area (Å²) in [6.07, 6.45) is 5.93. The Bertz CT molecular complexity index is 402. The lowest BCUT2D eigenvalue weighted by molar-refractivity contribution is -0.149. The van der Waals surface area contributed by atoms with E-state index in [1.807, 2.05) is 0 Å². The van der Waals surface area contributed by atoms with E-state index in [2.05, 4.69) is 0 Å². The number of nitrogens with two attached hydrogens (primary N) is 1. The van der Waals surface area contributed by atoms with Crippen LogP contribution in [-0.4, -0.2) is 50.3 Å². The molecule has 4 atom stereocenters. The van der Waals surface area contributed by atoms with Crippen LogP contribution in [0.1, 0.15) is 38.5 Å². The highest BCUT2D eigenvalue weighted by atomic mass is 16.5. The first kappa shape index (κ1) is 17.1. The Morgan fingerprint density at radius 2 is 1.91 bits per heavy atom. The highest BCUT2D eigenvalue weighted by Gasteiger charge is 2.44. The molecule has 6 nitrogen and oxygen atoms in total. The number of carbonyl (C=O) groups excluding carboxylic acids is 2. The molecule has 2 rings (SSSR count). The Hall–Kier alpha value is -1.30. The molecule has 2 fully saturated rings. The van der Waals surface area contributed by atoms with Crippen LogP contribution in [0.15, 0.2) is 0 Å². The van der Waals surface area contributed by atoms with Crippen LogP contribution >= 0.6 is 0 Å². The van der Waals surface area contributed by atoms with Crippen LogP contribution < -0.4 is 5.73 Å². The van der Waals surface area contributed by atoms with Gasteiger partial charge in [-0.25, -0.2) is 9.59 Å². The molecule has 1 aliphatic heterocycles. The van der Waals surface area contributed by atoms with Crippen LogP contribution in [0.3, 0.4) is 0 Å². The van der Waals surface area contributed by atoms with E-state index in [1.165, 1.54) is 27.1 Å². The lowest BCUT2D eigenvalue weighted by Gasteiger charge is -2.46. The number of likely N-dealkylation sites (tertiary alicyclic amines) is 1. The van der Waals surface area contributed by atoms with Crippen LogP contribution in [0, 0.1) is 17.8 Å². The molecule has 0 aromatic heterocycles. The summed E-state index contributed by atoms with van der Waals surface area (Å²) in [7, 11) is 2.72. The fourth-order valence-electron chi connectivity index (χ4n) is 4.09. The number of fused-ring (bicyclic) bond motifs is 1. The maximum Gasteiger partial charge on any atom is 0.410 e. The number of hydrogen-bond acceptors (Lipinski definition) is 5. The van der Waals surface area contributed by atoms with E-state index in [9.17, 15) is 9.59 Å². The van der Waals surface area contributed by atoms with Crippen LogP contribution in [0.5, 0.6) is 0 Å². The fraction of sp³-hybridized carbons (Fsp3) is 0.875. The summed E-state index contributed by atoms with van der Waals surface area (Å²) in [5.41, 5.74) is 5.60. The van der Waals surface area contributed by atoms with E-state index in [1.54, 1.807) is 4.90 Å². The minimum atomic E-state index is -0.507. The summed E-state index contributed by atoms with van der Waals surface area (Å²) in [5, 5.41) is 0. The molecule has 22 heavy (non-hydrogen) atoms. The zero-order chi connectivity index (χ0) is 16.1. The smallest absolute Gasteiger partial charge is 0.410 e. The maximum atomic E-state index is 12.0. The van der Waals surface area contributed by atoms with Crippen LogP contribution in [0.4, 0.5) is 4.79 Å². The lowest BCUT2D eigenvalue weighted by Crippen LogP contribution is -2.54. The maximum absolute atomic E-state index is 12.0. The Morgan fingerprint density at radius 3 is 2.55 bits per heavy atom. The first-order valence-electron chi connectivity index (χ1n) is 8.23. The third-order valence-corrected chi connectivity index (χ3v) is 5.28. The molecule has 2 N–H and O–H groups in total. The van der Waals surface area contributed by atoms with E-state index >= 15 is 0 Å². The first-order chi connectivity index (χ1) is 10.6. The SMILES string of the molecule is COC(=O)[C@@H]1C[C@H]2C[C@@H](CCCN)CC[C@H]2CN1C(=O)OC. The van der Waals surface area contributed by atoms with Gasteiger partial charge >= 0.3 is 12.1 Å². The molecule has 0 unspecified atom stereocenters. The number of methoxy groups -OCH3 is 2. The number of ether oxygens (including phenoxy) is 2. The largest absolute Gasteiger partial charge is 0.467 e. The molecule has 0 bridgehead atoms. The number of carbonyl (C=O) groups is 2. The molecule has 1 amide bonds. The van der Waals surface area contributed by atoms with E-state index in [0.717, 1.165) is 25.8 Å². The van der Waals surface area contributed by atoms with Crippen molar-refractivity contribution in [2.45, 2.75) is 44.6 Å². The van der Waals surface area contributed by atoms with Crippen molar-refractivity contribution in [3.8, 4) is 0 Å². The predicted octanol–water partition coefficient (Wildman–Crippen LogP) is 1.77. The van der Waals surface area contributed by atoms with Crippen molar-refractivity contribution < 1.29 is 19.1 Å². The van der Waals surface area contributed by atoms with Crippen molar-refractivity contribution in [2.75, 3.05) is 27.3 Å². The summed E-state index contributed by atoms with van der Waals surface area (Å²) in [5.74, 6) is 1.32. The van der Waals surface area contributed by atoms with Crippen molar-refractivity contribution in [3.63, 3.8) is 0 Å². The number of amides is 1. The second kappa shape index (κ2) is 7.81. The van der Waals surface area contributed by atoms with Crippen LogP contribution in [-0.2, 0) is 14.3 Å². The van der Waals surface area contributed by atoms with Gasteiger partial charge in [-0.1, -0.05) is 6.42 Å². The molecule has 2 aliphatic rings. The highest BCUT2D eigenvalue weighted by molar-refractivity contribution is 5.81. The molecular weight excluding hydrogens is 284 g/mol. The zero-order valence-corrected chi connectivity index (χ0v) is 13.6. The molecule has 0 aromatic carbocycles. The van der Waals surface area contributed by atoms with Crippen molar-refractivity contribution in [1.29, 1.82) is 0 Å². The fourth-order valence-corrected chi connectivity index (χ4v) is 4.09. The van der Waals surface area contributed by atoms with Crippen molar-refractivity contribution >= 4 is 12.1 Å². The standard InChI is InChI=1S/C16H28N2O4/c1-21-15(19)14-9-13-8-11(4-3-7-17)5-6-12(13)10-18(14)16(20)22-2/h11-14H,3-10,17H2,1-2H3/t11-,12-,13+,14-/m0/s1. The van der Waals surface area contributed by atoms with E-state index in [-0.39, 0.29) is 5.97 Å². The summed E-state index contributed by atoms with van der Waals surface area (Å²) in [4.78, 5) is 25.5. The molecule has 1 heterocycles. The molecule has 1 saturated carbocycles. The second-order valence-electron chi connectivity index (χ2n) is 6.53. The minimum Gasteiger partial charge on any atom is -0.467 e.